The molecule has 0 saturated heterocycles. The number of rotatable bonds is 2. The minimum atomic E-state index is -4.40. The summed E-state index contributed by atoms with van der Waals surface area (Å²) in [6.45, 7) is 0. The molecule has 4 rings (SSSR count). The molecule has 0 amide bonds. The minimum Gasteiger partial charge on any atom is -0.492 e. The van der Waals surface area contributed by atoms with Crippen LogP contribution in [0.2, 0.25) is 0 Å². The number of benzene rings is 2. The number of hydrogen-bond donors (Lipinski definition) is 2. The van der Waals surface area contributed by atoms with Crippen molar-refractivity contribution in [3.8, 4) is 0 Å². The number of fused-ring (bicyclic) bond motifs is 2. The van der Waals surface area contributed by atoms with E-state index in [2.05, 4.69) is 5.43 Å². The first-order valence-corrected chi connectivity index (χ1v) is 9.34. The summed E-state index contributed by atoms with van der Waals surface area (Å²) in [5.41, 5.74) is 4.10. The van der Waals surface area contributed by atoms with Gasteiger partial charge in [-0.05, 0) is 30.5 Å². The van der Waals surface area contributed by atoms with E-state index in [1.165, 1.54) is 17.1 Å². The number of anilines is 1. The Morgan fingerprint density at radius 1 is 1.00 bits per heavy atom. The van der Waals surface area contributed by atoms with Gasteiger partial charge in [0.15, 0.2) is 0 Å². The van der Waals surface area contributed by atoms with Crippen LogP contribution in [-0.4, -0.2) is 23.3 Å². The Morgan fingerprint density at radius 2 is 1.63 bits per heavy atom. The second-order valence-corrected chi connectivity index (χ2v) is 6.95. The number of hydrogen-bond acceptors (Lipinski definition) is 5. The Morgan fingerprint density at radius 3 is 2.22 bits per heavy atom. The highest BCUT2D eigenvalue weighted by atomic mass is 32.2. The second-order valence-electron chi connectivity index (χ2n) is 6.15. The summed E-state index contributed by atoms with van der Waals surface area (Å²) in [4.78, 5) is 1.88. The average Bonchev–Trinajstić information content (AvgIpc) is 2.99. The van der Waals surface area contributed by atoms with Crippen molar-refractivity contribution in [1.82, 2.24) is 10.3 Å². The lowest BCUT2D eigenvalue weighted by molar-refractivity contribution is -0.137. The number of halogens is 3. The van der Waals surface area contributed by atoms with Gasteiger partial charge in [-0.15, -0.1) is 11.8 Å². The fourth-order valence-corrected chi connectivity index (χ4v) is 4.11. The first-order chi connectivity index (χ1) is 12.8. The average molecular weight is 391 g/mol. The predicted molar refractivity (Wildman–Crippen MR) is 100 cm³/mol. The van der Waals surface area contributed by atoms with Gasteiger partial charge in [0.25, 0.3) is 0 Å². The maximum absolute atomic E-state index is 12.8. The molecule has 27 heavy (non-hydrogen) atoms. The molecule has 2 aliphatic rings. The number of aliphatic hydroxyl groups is 1. The number of thioether (sulfide) groups is 1. The molecule has 0 unspecified atom stereocenters. The van der Waals surface area contributed by atoms with Gasteiger partial charge in [0.05, 0.1) is 22.0 Å². The predicted octanol–water partition coefficient (Wildman–Crippen LogP) is 2.94. The van der Waals surface area contributed by atoms with Crippen molar-refractivity contribution in [3.63, 3.8) is 0 Å². The molecular weight excluding hydrogens is 375 g/mol. The monoisotopic (exact) mass is 391 g/mol. The van der Waals surface area contributed by atoms with Crippen LogP contribution >= 0.6 is 11.8 Å². The van der Waals surface area contributed by atoms with Gasteiger partial charge in [0, 0.05) is 17.5 Å². The second kappa shape index (κ2) is 6.16. The quantitative estimate of drug-likeness (QED) is 0.824. The van der Waals surface area contributed by atoms with Crippen molar-refractivity contribution in [1.29, 1.82) is 0 Å². The number of nitrogens with one attached hydrogen (secondary N) is 1. The normalized spacial score (nSPS) is 16.5. The first-order valence-electron chi connectivity index (χ1n) is 8.12. The van der Waals surface area contributed by atoms with Crippen LogP contribution in [0.3, 0.4) is 0 Å². The zero-order valence-electron chi connectivity index (χ0n) is 14.5. The summed E-state index contributed by atoms with van der Waals surface area (Å²) in [7, 11) is 1.85. The SMILES string of the molecule is CSC1=c2ccccc2=C2NN(c3ccc(C(F)(F)F)cc3)C(O)=C2N1C. The molecule has 2 aromatic rings. The molecule has 8 heteroatoms. The van der Waals surface area contributed by atoms with Crippen molar-refractivity contribution in [3.05, 3.63) is 76.1 Å². The van der Waals surface area contributed by atoms with Crippen LogP contribution in [0.15, 0.2) is 60.1 Å². The zero-order chi connectivity index (χ0) is 19.3. The molecule has 140 valence electrons. The number of likely N-dealkylation sites (N-methyl/N-ethyl adjacent to an activating group) is 1. The van der Waals surface area contributed by atoms with E-state index in [9.17, 15) is 18.3 Å². The molecule has 4 nitrogen and oxygen atoms in total. The van der Waals surface area contributed by atoms with Gasteiger partial charge in [0.2, 0.25) is 5.88 Å². The molecule has 0 aliphatic carbocycles. The van der Waals surface area contributed by atoms with Crippen molar-refractivity contribution in [2.24, 2.45) is 0 Å². The number of nitrogens with zero attached hydrogens (tertiary/aromatic N) is 2. The number of hydrazine groups is 1. The van der Waals surface area contributed by atoms with Crippen molar-refractivity contribution < 1.29 is 18.3 Å². The summed E-state index contributed by atoms with van der Waals surface area (Å²) >= 11 is 1.56. The smallest absolute Gasteiger partial charge is 0.416 e. The Balaban J connectivity index is 1.84. The van der Waals surface area contributed by atoms with Crippen molar-refractivity contribution in [2.75, 3.05) is 18.3 Å². The van der Waals surface area contributed by atoms with Gasteiger partial charge in [-0.2, -0.15) is 13.2 Å². The van der Waals surface area contributed by atoms with Gasteiger partial charge in [-0.3, -0.25) is 5.43 Å². The fourth-order valence-electron chi connectivity index (χ4n) is 3.34. The van der Waals surface area contributed by atoms with Crippen LogP contribution in [0.25, 0.3) is 10.7 Å². The first kappa shape index (κ1) is 17.7. The Bertz CT molecular complexity index is 1060. The summed E-state index contributed by atoms with van der Waals surface area (Å²) in [6, 6.07) is 12.5. The maximum atomic E-state index is 12.8. The van der Waals surface area contributed by atoms with E-state index < -0.39 is 11.7 Å². The van der Waals surface area contributed by atoms with E-state index in [0.717, 1.165) is 27.6 Å². The lowest BCUT2D eigenvalue weighted by Gasteiger charge is -2.26. The van der Waals surface area contributed by atoms with Gasteiger partial charge in [0.1, 0.15) is 5.70 Å². The van der Waals surface area contributed by atoms with Crippen molar-refractivity contribution in [2.45, 2.75) is 6.18 Å². The largest absolute Gasteiger partial charge is 0.492 e. The van der Waals surface area contributed by atoms with E-state index in [0.29, 0.717) is 17.1 Å². The lowest BCUT2D eigenvalue weighted by Crippen LogP contribution is -2.42. The highest BCUT2D eigenvalue weighted by Crippen LogP contribution is 2.36. The van der Waals surface area contributed by atoms with Crippen LogP contribution in [0, 0.1) is 0 Å². The Labute approximate surface area is 157 Å². The third-order valence-corrected chi connectivity index (χ3v) is 5.48. The molecule has 2 heterocycles. The third kappa shape index (κ3) is 2.71. The fraction of sp³-hybridized carbons (Fsp3) is 0.158. The molecule has 0 bridgehead atoms. The highest BCUT2D eigenvalue weighted by molar-refractivity contribution is 8.07. The molecule has 2 N–H and O–H groups in total. The molecular formula is C19H16F3N3OS. The van der Waals surface area contributed by atoms with Crippen LogP contribution in [0.4, 0.5) is 18.9 Å². The summed E-state index contributed by atoms with van der Waals surface area (Å²) in [5, 5.41) is 15.1. The minimum absolute atomic E-state index is 0.0617. The van der Waals surface area contributed by atoms with Crippen LogP contribution in [0.1, 0.15) is 5.56 Å². The number of aliphatic hydroxyl groups excluding tert-OH is 1. The molecule has 0 spiro atoms. The molecule has 2 aromatic carbocycles. The van der Waals surface area contributed by atoms with Gasteiger partial charge < -0.3 is 10.0 Å². The Kier molecular flexibility index (Phi) is 4.03. The third-order valence-electron chi connectivity index (χ3n) is 4.60. The van der Waals surface area contributed by atoms with Crippen LogP contribution < -0.4 is 20.9 Å². The molecule has 0 atom stereocenters. The topological polar surface area (TPSA) is 38.7 Å². The van der Waals surface area contributed by atoms with Gasteiger partial charge >= 0.3 is 6.18 Å². The maximum Gasteiger partial charge on any atom is 0.416 e. The van der Waals surface area contributed by atoms with E-state index in [1.807, 2.05) is 42.5 Å². The lowest BCUT2D eigenvalue weighted by atomic mass is 10.1. The molecule has 0 saturated carbocycles. The van der Waals surface area contributed by atoms with Crippen LogP contribution in [-0.2, 0) is 6.18 Å². The summed E-state index contributed by atoms with van der Waals surface area (Å²) in [6.07, 6.45) is -2.44. The van der Waals surface area contributed by atoms with Crippen LogP contribution in [0.5, 0.6) is 0 Å². The van der Waals surface area contributed by atoms with Gasteiger partial charge in [-0.1, -0.05) is 24.3 Å². The van der Waals surface area contributed by atoms with E-state index in [-0.39, 0.29) is 5.88 Å². The zero-order valence-corrected chi connectivity index (χ0v) is 15.3. The molecule has 2 aliphatic heterocycles. The van der Waals surface area contributed by atoms with Crippen molar-refractivity contribution >= 4 is 28.2 Å². The standard InChI is InChI=1S/C19H16F3N3OS/c1-24-16-15(13-5-3-4-6-14(13)18(24)27-2)23-25(17(16)26)12-9-7-11(8-10-12)19(20,21)22/h3-10,23,26H,1-2H3. The Hall–Kier alpha value is -2.74. The number of alkyl halides is 3. The molecule has 0 fully saturated rings. The highest BCUT2D eigenvalue weighted by Gasteiger charge is 2.35. The molecule has 0 aromatic heterocycles. The van der Waals surface area contributed by atoms with E-state index >= 15 is 0 Å². The molecule has 0 radical (unpaired) electrons. The van der Waals surface area contributed by atoms with E-state index in [4.69, 9.17) is 0 Å². The summed E-state index contributed by atoms with van der Waals surface area (Å²) in [5.74, 6) is -0.0617. The summed E-state index contributed by atoms with van der Waals surface area (Å²) < 4.78 is 38.4. The van der Waals surface area contributed by atoms with E-state index in [1.54, 1.807) is 11.8 Å². The van der Waals surface area contributed by atoms with Gasteiger partial charge in [-0.25, -0.2) is 5.01 Å².